The smallest absolute Gasteiger partial charge is 0.0223 e. The van der Waals surface area contributed by atoms with Crippen LogP contribution in [0.4, 0.5) is 0 Å². The molecule has 114 valence electrons. The molecular formula is C16H35N3. The fourth-order valence-corrected chi connectivity index (χ4v) is 3.02. The molecule has 0 bridgehead atoms. The molecule has 2 atom stereocenters. The molecule has 0 amide bonds. The molecule has 1 fully saturated rings. The third kappa shape index (κ3) is 6.24. The normalized spacial score (nSPS) is 24.6. The van der Waals surface area contributed by atoms with E-state index >= 15 is 0 Å². The maximum atomic E-state index is 3.63. The van der Waals surface area contributed by atoms with E-state index in [2.05, 4.69) is 49.9 Å². The minimum Gasteiger partial charge on any atom is -0.315 e. The molecule has 0 spiro atoms. The molecule has 0 aromatic carbocycles. The molecule has 1 saturated heterocycles. The average molecular weight is 269 g/mol. The summed E-state index contributed by atoms with van der Waals surface area (Å²) in [6.45, 7) is 15.3. The lowest BCUT2D eigenvalue weighted by Crippen LogP contribution is -2.48. The zero-order chi connectivity index (χ0) is 14.3. The van der Waals surface area contributed by atoms with Gasteiger partial charge in [0.25, 0.3) is 0 Å². The molecule has 1 aliphatic rings. The van der Waals surface area contributed by atoms with E-state index < -0.39 is 0 Å². The SMILES string of the molecule is CCC1CN(C)CCCN1C(C)CNCCC(C)C. The molecule has 3 heteroatoms. The first-order chi connectivity index (χ1) is 9.04. The van der Waals surface area contributed by atoms with E-state index in [9.17, 15) is 0 Å². The summed E-state index contributed by atoms with van der Waals surface area (Å²) < 4.78 is 0. The summed E-state index contributed by atoms with van der Waals surface area (Å²) in [5, 5.41) is 3.63. The fourth-order valence-electron chi connectivity index (χ4n) is 3.02. The third-order valence-corrected chi connectivity index (χ3v) is 4.32. The van der Waals surface area contributed by atoms with Gasteiger partial charge in [0.1, 0.15) is 0 Å². The summed E-state index contributed by atoms with van der Waals surface area (Å²) in [5.41, 5.74) is 0. The van der Waals surface area contributed by atoms with Gasteiger partial charge in [-0.15, -0.1) is 0 Å². The number of rotatable bonds is 7. The third-order valence-electron chi connectivity index (χ3n) is 4.32. The van der Waals surface area contributed by atoms with Gasteiger partial charge in [0, 0.05) is 31.7 Å². The molecule has 0 aliphatic carbocycles. The van der Waals surface area contributed by atoms with E-state index in [1.807, 2.05) is 0 Å². The highest BCUT2D eigenvalue weighted by Gasteiger charge is 2.25. The van der Waals surface area contributed by atoms with Gasteiger partial charge in [-0.05, 0) is 52.2 Å². The van der Waals surface area contributed by atoms with Crippen molar-refractivity contribution in [3.63, 3.8) is 0 Å². The van der Waals surface area contributed by atoms with Crippen LogP contribution in [-0.2, 0) is 0 Å². The molecule has 0 aromatic heterocycles. The molecule has 3 nitrogen and oxygen atoms in total. The van der Waals surface area contributed by atoms with Crippen LogP contribution in [0, 0.1) is 5.92 Å². The number of likely N-dealkylation sites (N-methyl/N-ethyl adjacent to an activating group) is 1. The highest BCUT2D eigenvalue weighted by Crippen LogP contribution is 2.15. The van der Waals surface area contributed by atoms with Gasteiger partial charge in [0.15, 0.2) is 0 Å². The zero-order valence-electron chi connectivity index (χ0n) is 13.8. The zero-order valence-corrected chi connectivity index (χ0v) is 13.8. The van der Waals surface area contributed by atoms with Crippen LogP contribution in [0.3, 0.4) is 0 Å². The van der Waals surface area contributed by atoms with Crippen LogP contribution in [0.2, 0.25) is 0 Å². The molecule has 2 unspecified atom stereocenters. The van der Waals surface area contributed by atoms with Crippen molar-refractivity contribution in [1.29, 1.82) is 0 Å². The molecule has 0 radical (unpaired) electrons. The Hall–Kier alpha value is -0.120. The first-order valence-corrected chi connectivity index (χ1v) is 8.19. The molecule has 0 aromatic rings. The Labute approximate surface area is 120 Å². The lowest BCUT2D eigenvalue weighted by Gasteiger charge is -2.35. The Morgan fingerprint density at radius 3 is 2.58 bits per heavy atom. The molecule has 1 N–H and O–H groups in total. The van der Waals surface area contributed by atoms with Crippen molar-refractivity contribution < 1.29 is 0 Å². The maximum absolute atomic E-state index is 3.63. The monoisotopic (exact) mass is 269 g/mol. The first-order valence-electron chi connectivity index (χ1n) is 8.19. The molecular weight excluding hydrogens is 234 g/mol. The van der Waals surface area contributed by atoms with Crippen molar-refractivity contribution in [2.75, 3.05) is 39.8 Å². The second-order valence-corrected chi connectivity index (χ2v) is 6.65. The van der Waals surface area contributed by atoms with Gasteiger partial charge < -0.3 is 10.2 Å². The van der Waals surface area contributed by atoms with E-state index in [0.717, 1.165) is 25.0 Å². The average Bonchev–Trinajstić information content (AvgIpc) is 2.55. The van der Waals surface area contributed by atoms with Crippen LogP contribution in [-0.4, -0.2) is 61.7 Å². The fraction of sp³-hybridized carbons (Fsp3) is 1.00. The van der Waals surface area contributed by atoms with Crippen LogP contribution >= 0.6 is 0 Å². The van der Waals surface area contributed by atoms with E-state index in [4.69, 9.17) is 0 Å². The van der Waals surface area contributed by atoms with Gasteiger partial charge >= 0.3 is 0 Å². The summed E-state index contributed by atoms with van der Waals surface area (Å²) in [6.07, 6.45) is 3.86. The predicted octanol–water partition coefficient (Wildman–Crippen LogP) is 2.43. The second kappa shape index (κ2) is 8.93. The van der Waals surface area contributed by atoms with Crippen molar-refractivity contribution in [2.45, 2.75) is 59.0 Å². The van der Waals surface area contributed by atoms with Gasteiger partial charge in [-0.2, -0.15) is 0 Å². The van der Waals surface area contributed by atoms with E-state index in [-0.39, 0.29) is 0 Å². The highest BCUT2D eigenvalue weighted by molar-refractivity contribution is 4.82. The highest BCUT2D eigenvalue weighted by atomic mass is 15.3. The molecule has 1 aliphatic heterocycles. The van der Waals surface area contributed by atoms with Gasteiger partial charge in [0.05, 0.1) is 0 Å². The van der Waals surface area contributed by atoms with Crippen LogP contribution in [0.5, 0.6) is 0 Å². The lowest BCUT2D eigenvalue weighted by atomic mass is 10.1. The number of hydrogen-bond acceptors (Lipinski definition) is 3. The number of nitrogens with zero attached hydrogens (tertiary/aromatic N) is 2. The minimum atomic E-state index is 0.656. The quantitative estimate of drug-likeness (QED) is 0.716. The minimum absolute atomic E-state index is 0.656. The Morgan fingerprint density at radius 2 is 1.95 bits per heavy atom. The van der Waals surface area contributed by atoms with Crippen molar-refractivity contribution in [2.24, 2.45) is 5.92 Å². The van der Waals surface area contributed by atoms with Crippen LogP contribution < -0.4 is 5.32 Å². The van der Waals surface area contributed by atoms with E-state index in [1.54, 1.807) is 0 Å². The van der Waals surface area contributed by atoms with E-state index in [1.165, 1.54) is 38.9 Å². The topological polar surface area (TPSA) is 18.5 Å². The number of hydrogen-bond donors (Lipinski definition) is 1. The Balaban J connectivity index is 2.37. The Morgan fingerprint density at radius 1 is 1.21 bits per heavy atom. The van der Waals surface area contributed by atoms with Crippen LogP contribution in [0.15, 0.2) is 0 Å². The van der Waals surface area contributed by atoms with Crippen molar-refractivity contribution >= 4 is 0 Å². The first kappa shape index (κ1) is 16.9. The van der Waals surface area contributed by atoms with Crippen LogP contribution in [0.1, 0.15) is 47.0 Å². The summed E-state index contributed by atoms with van der Waals surface area (Å²) in [5.74, 6) is 0.804. The van der Waals surface area contributed by atoms with Crippen molar-refractivity contribution in [1.82, 2.24) is 15.1 Å². The van der Waals surface area contributed by atoms with Crippen LogP contribution in [0.25, 0.3) is 0 Å². The summed E-state index contributed by atoms with van der Waals surface area (Å²) in [7, 11) is 2.26. The molecule has 19 heavy (non-hydrogen) atoms. The van der Waals surface area contributed by atoms with Gasteiger partial charge in [-0.25, -0.2) is 0 Å². The van der Waals surface area contributed by atoms with Crippen molar-refractivity contribution in [3.8, 4) is 0 Å². The van der Waals surface area contributed by atoms with Gasteiger partial charge in [-0.1, -0.05) is 20.8 Å². The summed E-state index contributed by atoms with van der Waals surface area (Å²) >= 11 is 0. The standard InChI is InChI=1S/C16H35N3/c1-6-16-13-18(5)10-7-11-19(16)15(4)12-17-9-8-14(2)3/h14-17H,6-13H2,1-5H3. The largest absolute Gasteiger partial charge is 0.315 e. The number of nitrogens with one attached hydrogen (secondary N) is 1. The van der Waals surface area contributed by atoms with Crippen molar-refractivity contribution in [3.05, 3.63) is 0 Å². The summed E-state index contributed by atoms with van der Waals surface area (Å²) in [4.78, 5) is 5.22. The Kier molecular flexibility index (Phi) is 7.96. The van der Waals surface area contributed by atoms with Gasteiger partial charge in [0.2, 0.25) is 0 Å². The second-order valence-electron chi connectivity index (χ2n) is 6.65. The molecule has 1 rings (SSSR count). The lowest BCUT2D eigenvalue weighted by molar-refractivity contribution is 0.135. The predicted molar refractivity (Wildman–Crippen MR) is 84.7 cm³/mol. The van der Waals surface area contributed by atoms with Gasteiger partial charge in [-0.3, -0.25) is 4.90 Å². The van der Waals surface area contributed by atoms with E-state index in [0.29, 0.717) is 6.04 Å². The molecule has 0 saturated carbocycles. The maximum Gasteiger partial charge on any atom is 0.0223 e. The Bertz CT molecular complexity index is 230. The molecule has 1 heterocycles. The summed E-state index contributed by atoms with van der Waals surface area (Å²) in [6, 6.07) is 1.39.